The van der Waals surface area contributed by atoms with Gasteiger partial charge in [-0.25, -0.2) is 27.8 Å². The van der Waals surface area contributed by atoms with Crippen LogP contribution in [0.1, 0.15) is 36.1 Å². The van der Waals surface area contributed by atoms with E-state index in [4.69, 9.17) is 10.1 Å². The summed E-state index contributed by atoms with van der Waals surface area (Å²) in [7, 11) is 1.83. The second-order valence-corrected chi connectivity index (χ2v) is 9.94. The minimum Gasteiger partial charge on any atom is -0.452 e. The molecule has 1 amide bonds. The van der Waals surface area contributed by atoms with Crippen LogP contribution in [0.15, 0.2) is 94.4 Å². The van der Waals surface area contributed by atoms with E-state index in [9.17, 15) is 18.8 Å². The number of halogens is 2. The number of anilines is 1. The maximum Gasteiger partial charge on any atom is 0.352 e. The summed E-state index contributed by atoms with van der Waals surface area (Å²) in [5, 5.41) is 15.0. The highest BCUT2D eigenvalue weighted by atomic mass is 19.1. The third-order valence-electron chi connectivity index (χ3n) is 6.40. The predicted molar refractivity (Wildman–Crippen MR) is 158 cm³/mol. The first-order chi connectivity index (χ1) is 21.0. The first-order valence-corrected chi connectivity index (χ1v) is 13.3. The first-order valence-electron chi connectivity index (χ1n) is 13.3. The quantitative estimate of drug-likeness (QED) is 0.261. The van der Waals surface area contributed by atoms with E-state index in [1.807, 2.05) is 7.05 Å². The number of dihydropyridines is 1. The fourth-order valence-corrected chi connectivity index (χ4v) is 4.26. The molecule has 2 aromatic heterocycles. The molecule has 0 saturated carbocycles. The van der Waals surface area contributed by atoms with Gasteiger partial charge in [0.25, 0.3) is 11.5 Å². The van der Waals surface area contributed by atoms with Crippen LogP contribution < -0.4 is 32.0 Å². The van der Waals surface area contributed by atoms with Crippen molar-refractivity contribution in [2.45, 2.75) is 19.9 Å². The van der Waals surface area contributed by atoms with Crippen molar-refractivity contribution in [3.8, 4) is 11.4 Å². The molecule has 1 aliphatic rings. The van der Waals surface area contributed by atoms with E-state index in [1.165, 1.54) is 30.5 Å². The minimum atomic E-state index is -1.03. The Balaban J connectivity index is 1.43. The van der Waals surface area contributed by atoms with Gasteiger partial charge in [0.05, 0.1) is 29.4 Å². The molecule has 1 aliphatic heterocycles. The molecule has 0 atom stereocenters. The van der Waals surface area contributed by atoms with E-state index in [0.29, 0.717) is 17.0 Å². The lowest BCUT2D eigenvalue weighted by Gasteiger charge is -2.19. The van der Waals surface area contributed by atoms with Crippen molar-refractivity contribution < 1.29 is 23.7 Å². The fraction of sp³-hybridized carbons (Fsp3) is 0.133. The fourth-order valence-electron chi connectivity index (χ4n) is 4.26. The molecule has 4 aromatic rings. The van der Waals surface area contributed by atoms with Gasteiger partial charge in [-0.1, -0.05) is 0 Å². The Morgan fingerprint density at radius 2 is 1.89 bits per heavy atom. The SMILES string of the molecule is CC(C)n1nc(C(=O)Nc2ccc(OC3=CC(c4cn(C)cn4)=CN/C3=C\C=[NH2+])c(F)c2)c(=O)n(-c2ccc(F)cc2)c1=O. The summed E-state index contributed by atoms with van der Waals surface area (Å²) < 4.78 is 38.1. The lowest BCUT2D eigenvalue weighted by atomic mass is 10.1. The lowest BCUT2D eigenvalue weighted by Crippen LogP contribution is -2.45. The molecule has 0 spiro atoms. The van der Waals surface area contributed by atoms with Gasteiger partial charge in [-0.2, -0.15) is 5.10 Å². The summed E-state index contributed by atoms with van der Waals surface area (Å²) in [6.45, 7) is 3.28. The van der Waals surface area contributed by atoms with Crippen LogP contribution in [-0.4, -0.2) is 36.0 Å². The Kier molecular flexibility index (Phi) is 8.15. The number of aromatic nitrogens is 5. The van der Waals surface area contributed by atoms with Gasteiger partial charge >= 0.3 is 5.69 Å². The number of nitrogens with zero attached hydrogens (tertiary/aromatic N) is 5. The van der Waals surface area contributed by atoms with Crippen molar-refractivity contribution >= 4 is 23.4 Å². The second-order valence-electron chi connectivity index (χ2n) is 9.94. The number of hydrogen-bond acceptors (Lipinski definition) is 7. The number of carbonyl (C=O) groups is 1. The standard InChI is InChI=1S/C30H26F2N8O4/c1-17(2)40-30(43)39(21-7-4-19(31)5-8-21)29(42)27(37-40)28(41)36-20-6-9-25(22(32)13-20)44-26-12-18(14-34-23(26)10-11-33)24-15-38(3)16-35-24/h4-17,33-34H,1-3H3,(H,36,41)/p+1/b23-10-,33-11?. The van der Waals surface area contributed by atoms with Crippen molar-refractivity contribution in [1.29, 1.82) is 0 Å². The highest BCUT2D eigenvalue weighted by Crippen LogP contribution is 2.28. The van der Waals surface area contributed by atoms with Gasteiger partial charge in [0.1, 0.15) is 5.82 Å². The first kappa shape index (κ1) is 29.6. The summed E-state index contributed by atoms with van der Waals surface area (Å²) in [6.07, 6.45) is 9.67. The highest BCUT2D eigenvalue weighted by molar-refractivity contribution is 6.02. The minimum absolute atomic E-state index is 0.00689. The molecule has 2 aromatic carbocycles. The average molecular weight is 602 g/mol. The molecule has 0 unspecified atom stereocenters. The van der Waals surface area contributed by atoms with Crippen LogP contribution in [-0.2, 0) is 7.05 Å². The molecule has 0 aliphatic carbocycles. The number of ether oxygens (including phenoxy) is 1. The molecule has 44 heavy (non-hydrogen) atoms. The molecule has 0 radical (unpaired) electrons. The van der Waals surface area contributed by atoms with Crippen LogP contribution in [0.25, 0.3) is 11.3 Å². The van der Waals surface area contributed by atoms with Crippen LogP contribution in [0.3, 0.4) is 0 Å². The van der Waals surface area contributed by atoms with E-state index >= 15 is 4.39 Å². The van der Waals surface area contributed by atoms with Gasteiger partial charge in [0, 0.05) is 42.8 Å². The van der Waals surface area contributed by atoms with E-state index in [-0.39, 0.29) is 22.9 Å². The molecule has 0 saturated heterocycles. The molecule has 3 heterocycles. The van der Waals surface area contributed by atoms with Gasteiger partial charge in [-0.05, 0) is 56.3 Å². The molecule has 12 nitrogen and oxygen atoms in total. The van der Waals surface area contributed by atoms with E-state index in [2.05, 4.69) is 20.7 Å². The average Bonchev–Trinajstić information content (AvgIpc) is 3.42. The summed E-state index contributed by atoms with van der Waals surface area (Å²) in [5.41, 5.74) is -0.612. The van der Waals surface area contributed by atoms with Gasteiger partial charge in [-0.15, -0.1) is 0 Å². The van der Waals surface area contributed by atoms with Crippen LogP contribution in [0.5, 0.6) is 5.75 Å². The van der Waals surface area contributed by atoms with Crippen molar-refractivity contribution in [1.82, 2.24) is 29.2 Å². The Bertz CT molecular complexity index is 1990. The van der Waals surface area contributed by atoms with E-state index in [1.54, 1.807) is 49.3 Å². The maximum absolute atomic E-state index is 15.3. The van der Waals surface area contributed by atoms with Crippen LogP contribution in [0, 0.1) is 11.6 Å². The smallest absolute Gasteiger partial charge is 0.352 e. The molecule has 0 fully saturated rings. The number of rotatable bonds is 8. The number of aryl methyl sites for hydroxylation is 1. The summed E-state index contributed by atoms with van der Waals surface area (Å²) in [5.74, 6) is -2.28. The largest absolute Gasteiger partial charge is 0.452 e. The summed E-state index contributed by atoms with van der Waals surface area (Å²) in [6, 6.07) is 7.78. The predicted octanol–water partition coefficient (Wildman–Crippen LogP) is 1.86. The van der Waals surface area contributed by atoms with Crippen LogP contribution >= 0.6 is 0 Å². The highest BCUT2D eigenvalue weighted by Gasteiger charge is 2.23. The number of nitrogens with two attached hydrogens (primary N) is 1. The monoisotopic (exact) mass is 601 g/mol. The lowest BCUT2D eigenvalue weighted by molar-refractivity contribution is -0.104. The number of carbonyl (C=O) groups excluding carboxylic acids is 1. The molecule has 0 bridgehead atoms. The van der Waals surface area contributed by atoms with Gasteiger partial charge in [0.2, 0.25) is 5.69 Å². The molecule has 4 N–H and O–H groups in total. The zero-order chi connectivity index (χ0) is 31.5. The Morgan fingerprint density at radius 3 is 2.52 bits per heavy atom. The van der Waals surface area contributed by atoms with Crippen molar-refractivity contribution in [2.75, 3.05) is 5.32 Å². The second kappa shape index (κ2) is 12.1. The van der Waals surface area contributed by atoms with Gasteiger partial charge in [0.15, 0.2) is 23.5 Å². The molecule has 224 valence electrons. The molecular formula is C30H27F2N8O4+. The van der Waals surface area contributed by atoms with Crippen LogP contribution in [0.2, 0.25) is 0 Å². The number of imidazole rings is 1. The topological polar surface area (TPSA) is 151 Å². The number of amides is 1. The number of benzene rings is 2. The van der Waals surface area contributed by atoms with Crippen molar-refractivity contribution in [3.63, 3.8) is 0 Å². The number of hydrogen-bond donors (Lipinski definition) is 3. The van der Waals surface area contributed by atoms with Gasteiger partial charge in [-0.3, -0.25) is 15.0 Å². The van der Waals surface area contributed by atoms with E-state index in [0.717, 1.165) is 27.4 Å². The molecule has 5 rings (SSSR count). The van der Waals surface area contributed by atoms with Crippen molar-refractivity contribution in [3.05, 3.63) is 129 Å². The Hall–Kier alpha value is -5.92. The third-order valence-corrected chi connectivity index (χ3v) is 6.40. The van der Waals surface area contributed by atoms with Crippen LogP contribution in [0.4, 0.5) is 14.5 Å². The Labute approximate surface area is 248 Å². The number of nitrogens with one attached hydrogen (secondary N) is 2. The third kappa shape index (κ3) is 5.99. The van der Waals surface area contributed by atoms with Gasteiger partial charge < -0.3 is 19.9 Å². The number of allylic oxidation sites excluding steroid dienone is 3. The molecular weight excluding hydrogens is 574 g/mol. The van der Waals surface area contributed by atoms with E-state index < -0.39 is 40.5 Å². The Morgan fingerprint density at radius 1 is 1.14 bits per heavy atom. The summed E-state index contributed by atoms with van der Waals surface area (Å²) >= 11 is 0. The maximum atomic E-state index is 15.3. The molecule has 14 heteroatoms. The summed E-state index contributed by atoms with van der Waals surface area (Å²) in [4.78, 5) is 43.7. The zero-order valence-electron chi connectivity index (χ0n) is 23.8. The normalized spacial score (nSPS) is 13.7. The van der Waals surface area contributed by atoms with Crippen molar-refractivity contribution in [2.24, 2.45) is 7.05 Å². The zero-order valence-corrected chi connectivity index (χ0v) is 23.8.